The number of hydrogen-bond acceptors (Lipinski definition) is 4. The quantitative estimate of drug-likeness (QED) is 0.913. The van der Waals surface area contributed by atoms with Crippen molar-refractivity contribution in [1.29, 1.82) is 0 Å². The third kappa shape index (κ3) is 4.54. The Labute approximate surface area is 133 Å². The summed E-state index contributed by atoms with van der Waals surface area (Å²) in [5.41, 5.74) is 1.94. The van der Waals surface area contributed by atoms with Crippen LogP contribution in [0.15, 0.2) is 22.8 Å². The molecule has 5 nitrogen and oxygen atoms in total. The minimum Gasteiger partial charge on any atom is -0.421 e. The first-order valence-corrected chi connectivity index (χ1v) is 7.62. The number of hydrogen-bond donors (Lipinski definition) is 1. The van der Waals surface area contributed by atoms with Gasteiger partial charge in [0.2, 0.25) is 11.8 Å². The van der Waals surface area contributed by atoms with Crippen LogP contribution in [0.2, 0.25) is 0 Å². The molecule has 114 valence electrons. The molecular formula is C15H21BrN4O. The average molecular weight is 353 g/mol. The highest BCUT2D eigenvalue weighted by molar-refractivity contribution is 9.10. The third-order valence-electron chi connectivity index (χ3n) is 2.86. The molecule has 2 aromatic rings. The van der Waals surface area contributed by atoms with Gasteiger partial charge in [0, 0.05) is 41.4 Å². The molecule has 0 aromatic carbocycles. The van der Waals surface area contributed by atoms with E-state index >= 15 is 0 Å². The van der Waals surface area contributed by atoms with Crippen LogP contribution >= 0.6 is 15.9 Å². The number of ether oxygens (including phenoxy) is 1. The highest BCUT2D eigenvalue weighted by atomic mass is 79.9. The Morgan fingerprint density at radius 1 is 1.33 bits per heavy atom. The van der Waals surface area contributed by atoms with Gasteiger partial charge in [-0.2, -0.15) is 5.10 Å². The zero-order valence-corrected chi connectivity index (χ0v) is 14.7. The Kier molecular flexibility index (Phi) is 4.68. The summed E-state index contributed by atoms with van der Waals surface area (Å²) in [5.74, 6) is 1.28. The van der Waals surface area contributed by atoms with Crippen molar-refractivity contribution in [2.24, 2.45) is 7.05 Å². The summed E-state index contributed by atoms with van der Waals surface area (Å²) in [6, 6.07) is 3.91. The molecule has 0 atom stereocenters. The number of halogens is 1. The maximum Gasteiger partial charge on any atom is 0.225 e. The molecule has 0 bridgehead atoms. The molecule has 2 heterocycles. The maximum absolute atomic E-state index is 5.91. The Hall–Kier alpha value is -1.40. The molecule has 2 aromatic heterocycles. The van der Waals surface area contributed by atoms with Crippen LogP contribution in [0.1, 0.15) is 32.0 Å². The second-order valence-electron chi connectivity index (χ2n) is 6.07. The van der Waals surface area contributed by atoms with Gasteiger partial charge in [0.05, 0.1) is 5.69 Å². The predicted molar refractivity (Wildman–Crippen MR) is 86.5 cm³/mol. The SMILES string of the molecule is Cc1cc(Oc2ncc(Br)cc2CNC(C)(C)C)n(C)n1. The lowest BCUT2D eigenvalue weighted by molar-refractivity contribution is 0.392. The molecule has 21 heavy (non-hydrogen) atoms. The largest absolute Gasteiger partial charge is 0.421 e. The summed E-state index contributed by atoms with van der Waals surface area (Å²) in [6.45, 7) is 9.00. The Morgan fingerprint density at radius 2 is 2.05 bits per heavy atom. The number of nitrogens with zero attached hydrogens (tertiary/aromatic N) is 3. The molecule has 0 aliphatic carbocycles. The van der Waals surface area contributed by atoms with E-state index in [2.05, 4.69) is 52.1 Å². The molecule has 6 heteroatoms. The van der Waals surface area contributed by atoms with Crippen LogP contribution in [-0.4, -0.2) is 20.3 Å². The maximum atomic E-state index is 5.91. The van der Waals surface area contributed by atoms with Crippen molar-refractivity contribution in [3.63, 3.8) is 0 Å². The van der Waals surface area contributed by atoms with E-state index < -0.39 is 0 Å². The first kappa shape index (κ1) is 16.0. The summed E-state index contributed by atoms with van der Waals surface area (Å²) < 4.78 is 8.55. The van der Waals surface area contributed by atoms with Crippen LogP contribution in [0, 0.1) is 6.92 Å². The van der Waals surface area contributed by atoms with Gasteiger partial charge in [0.25, 0.3) is 0 Å². The fourth-order valence-electron chi connectivity index (χ4n) is 1.83. The van der Waals surface area contributed by atoms with Gasteiger partial charge in [-0.05, 0) is 49.7 Å². The van der Waals surface area contributed by atoms with E-state index in [0.717, 1.165) is 15.7 Å². The highest BCUT2D eigenvalue weighted by Crippen LogP contribution is 2.26. The Bertz CT molecular complexity index is 631. The molecule has 1 N–H and O–H groups in total. The van der Waals surface area contributed by atoms with Crippen molar-refractivity contribution in [3.8, 4) is 11.8 Å². The topological polar surface area (TPSA) is 52.0 Å². The van der Waals surface area contributed by atoms with Gasteiger partial charge in [0.1, 0.15) is 0 Å². The minimum atomic E-state index is 0.0305. The molecule has 0 saturated heterocycles. The molecule has 0 aliphatic heterocycles. The molecule has 0 radical (unpaired) electrons. The van der Waals surface area contributed by atoms with Gasteiger partial charge in [-0.15, -0.1) is 0 Å². The molecule has 0 unspecified atom stereocenters. The van der Waals surface area contributed by atoms with E-state index in [0.29, 0.717) is 18.3 Å². The van der Waals surface area contributed by atoms with E-state index in [1.54, 1.807) is 10.9 Å². The normalized spacial score (nSPS) is 11.7. The van der Waals surface area contributed by atoms with Crippen molar-refractivity contribution < 1.29 is 4.74 Å². The van der Waals surface area contributed by atoms with Crippen molar-refractivity contribution in [1.82, 2.24) is 20.1 Å². The standard InChI is InChI=1S/C15H21BrN4O/c1-10-6-13(20(5)19-10)21-14-11(7-12(16)9-17-14)8-18-15(2,3)4/h6-7,9,18H,8H2,1-5H3. The lowest BCUT2D eigenvalue weighted by atomic mass is 10.1. The zero-order valence-electron chi connectivity index (χ0n) is 13.1. The smallest absolute Gasteiger partial charge is 0.225 e. The van der Waals surface area contributed by atoms with Crippen LogP contribution < -0.4 is 10.1 Å². The van der Waals surface area contributed by atoms with E-state index in [1.807, 2.05) is 26.1 Å². The lowest BCUT2D eigenvalue weighted by Crippen LogP contribution is -2.35. The van der Waals surface area contributed by atoms with Gasteiger partial charge >= 0.3 is 0 Å². The van der Waals surface area contributed by atoms with Crippen LogP contribution in [0.25, 0.3) is 0 Å². The average Bonchev–Trinajstić information content (AvgIpc) is 2.67. The van der Waals surface area contributed by atoms with Crippen molar-refractivity contribution >= 4 is 15.9 Å². The van der Waals surface area contributed by atoms with Crippen LogP contribution in [0.5, 0.6) is 11.8 Å². The van der Waals surface area contributed by atoms with E-state index in [9.17, 15) is 0 Å². The zero-order chi connectivity index (χ0) is 15.6. The Balaban J connectivity index is 2.24. The van der Waals surface area contributed by atoms with Gasteiger partial charge in [-0.3, -0.25) is 0 Å². The van der Waals surface area contributed by atoms with Gasteiger partial charge in [-0.1, -0.05) is 0 Å². The molecular weight excluding hydrogens is 332 g/mol. The summed E-state index contributed by atoms with van der Waals surface area (Å²) in [6.07, 6.45) is 1.74. The van der Waals surface area contributed by atoms with Crippen LogP contribution in [0.4, 0.5) is 0 Å². The van der Waals surface area contributed by atoms with E-state index in [4.69, 9.17) is 4.74 Å². The van der Waals surface area contributed by atoms with Crippen LogP contribution in [-0.2, 0) is 13.6 Å². The number of rotatable bonds is 4. The fourth-order valence-corrected chi connectivity index (χ4v) is 2.21. The van der Waals surface area contributed by atoms with Gasteiger partial charge in [-0.25, -0.2) is 9.67 Å². The molecule has 2 rings (SSSR count). The first-order valence-electron chi connectivity index (χ1n) is 6.82. The van der Waals surface area contributed by atoms with E-state index in [1.165, 1.54) is 0 Å². The second-order valence-corrected chi connectivity index (χ2v) is 6.99. The second kappa shape index (κ2) is 6.15. The molecule has 0 saturated carbocycles. The van der Waals surface area contributed by atoms with E-state index in [-0.39, 0.29) is 5.54 Å². The molecule has 0 spiro atoms. The molecule has 0 aliphatic rings. The van der Waals surface area contributed by atoms with Crippen molar-refractivity contribution in [2.45, 2.75) is 39.8 Å². The first-order chi connectivity index (χ1) is 9.74. The number of aryl methyl sites for hydroxylation is 2. The minimum absolute atomic E-state index is 0.0305. The van der Waals surface area contributed by atoms with Crippen molar-refractivity contribution in [2.75, 3.05) is 0 Å². The monoisotopic (exact) mass is 352 g/mol. The van der Waals surface area contributed by atoms with Crippen molar-refractivity contribution in [3.05, 3.63) is 34.1 Å². The number of aromatic nitrogens is 3. The number of nitrogens with one attached hydrogen (secondary N) is 1. The number of pyridine rings is 1. The van der Waals surface area contributed by atoms with Gasteiger partial charge in [0.15, 0.2) is 0 Å². The lowest BCUT2D eigenvalue weighted by Gasteiger charge is -2.21. The molecule has 0 fully saturated rings. The predicted octanol–water partition coefficient (Wildman–Crippen LogP) is 3.57. The summed E-state index contributed by atoms with van der Waals surface area (Å²) in [4.78, 5) is 4.37. The summed E-state index contributed by atoms with van der Waals surface area (Å²) in [7, 11) is 1.86. The summed E-state index contributed by atoms with van der Waals surface area (Å²) in [5, 5.41) is 7.73. The molecule has 0 amide bonds. The van der Waals surface area contributed by atoms with Crippen LogP contribution in [0.3, 0.4) is 0 Å². The third-order valence-corrected chi connectivity index (χ3v) is 3.30. The van der Waals surface area contributed by atoms with Gasteiger partial charge < -0.3 is 10.1 Å². The Morgan fingerprint density at radius 3 is 2.62 bits per heavy atom. The summed E-state index contributed by atoms with van der Waals surface area (Å²) >= 11 is 3.46. The highest BCUT2D eigenvalue weighted by Gasteiger charge is 2.14. The fraction of sp³-hybridized carbons (Fsp3) is 0.467.